The van der Waals surface area contributed by atoms with Gasteiger partial charge in [0.15, 0.2) is 0 Å². The first-order valence-electron chi connectivity index (χ1n) is 5.56. The Morgan fingerprint density at radius 1 is 1.23 bits per heavy atom. The Morgan fingerprint density at radius 2 is 1.92 bits per heavy atom. The van der Waals surface area contributed by atoms with Gasteiger partial charge in [0, 0.05) is 13.1 Å². The first-order chi connectivity index (χ1) is 6.07. The van der Waals surface area contributed by atoms with Gasteiger partial charge in [-0.1, -0.05) is 20.3 Å². The van der Waals surface area contributed by atoms with Crippen molar-refractivity contribution in [1.29, 1.82) is 0 Å². The fourth-order valence-electron chi connectivity index (χ4n) is 3.19. The van der Waals surface area contributed by atoms with Crippen molar-refractivity contribution < 1.29 is 0 Å². The average molecular weight is 182 g/mol. The fourth-order valence-corrected chi connectivity index (χ4v) is 3.19. The zero-order valence-electron chi connectivity index (χ0n) is 8.92. The SMILES string of the molecule is CC1(C)CCCC2CN(N)CC2C1. The molecule has 2 aliphatic rings. The van der Waals surface area contributed by atoms with Crippen molar-refractivity contribution in [2.45, 2.75) is 39.5 Å². The standard InChI is InChI=1S/C11H22N2/c1-11(2)5-3-4-9-7-13(12)8-10(9)6-11/h9-10H,3-8,12H2,1-2H3. The van der Waals surface area contributed by atoms with E-state index in [2.05, 4.69) is 13.8 Å². The van der Waals surface area contributed by atoms with E-state index >= 15 is 0 Å². The van der Waals surface area contributed by atoms with Crippen molar-refractivity contribution in [1.82, 2.24) is 5.01 Å². The maximum Gasteiger partial charge on any atom is 0.0160 e. The molecular weight excluding hydrogens is 160 g/mol. The minimum Gasteiger partial charge on any atom is -0.269 e. The summed E-state index contributed by atoms with van der Waals surface area (Å²) in [4.78, 5) is 0. The summed E-state index contributed by atoms with van der Waals surface area (Å²) < 4.78 is 0. The lowest BCUT2D eigenvalue weighted by Gasteiger charge is -2.26. The minimum atomic E-state index is 0.560. The highest BCUT2D eigenvalue weighted by Gasteiger charge is 2.37. The van der Waals surface area contributed by atoms with Crippen molar-refractivity contribution >= 4 is 0 Å². The molecule has 0 aromatic carbocycles. The van der Waals surface area contributed by atoms with E-state index < -0.39 is 0 Å². The fraction of sp³-hybridized carbons (Fsp3) is 1.00. The van der Waals surface area contributed by atoms with Crippen molar-refractivity contribution in [3.63, 3.8) is 0 Å². The van der Waals surface area contributed by atoms with Gasteiger partial charge in [-0.2, -0.15) is 0 Å². The summed E-state index contributed by atoms with van der Waals surface area (Å²) in [5, 5.41) is 2.02. The first-order valence-corrected chi connectivity index (χ1v) is 5.56. The second kappa shape index (κ2) is 3.25. The number of nitrogens with zero attached hydrogens (tertiary/aromatic N) is 1. The summed E-state index contributed by atoms with van der Waals surface area (Å²) in [5.41, 5.74) is 0.560. The van der Waals surface area contributed by atoms with Crippen molar-refractivity contribution in [3.05, 3.63) is 0 Å². The summed E-state index contributed by atoms with van der Waals surface area (Å²) in [6, 6.07) is 0. The predicted molar refractivity (Wildman–Crippen MR) is 55.0 cm³/mol. The van der Waals surface area contributed by atoms with Crippen molar-refractivity contribution in [2.24, 2.45) is 23.1 Å². The molecule has 1 aliphatic heterocycles. The highest BCUT2D eigenvalue weighted by Crippen LogP contribution is 2.42. The van der Waals surface area contributed by atoms with E-state index in [4.69, 9.17) is 5.84 Å². The Labute approximate surface area is 81.4 Å². The quantitative estimate of drug-likeness (QED) is 0.581. The highest BCUT2D eigenvalue weighted by atomic mass is 15.4. The highest BCUT2D eigenvalue weighted by molar-refractivity contribution is 4.88. The summed E-state index contributed by atoms with van der Waals surface area (Å²) >= 11 is 0. The van der Waals surface area contributed by atoms with Crippen LogP contribution in [0.2, 0.25) is 0 Å². The molecule has 1 saturated carbocycles. The van der Waals surface area contributed by atoms with Crippen LogP contribution in [0.3, 0.4) is 0 Å². The molecule has 2 N–H and O–H groups in total. The molecule has 13 heavy (non-hydrogen) atoms. The maximum absolute atomic E-state index is 5.87. The molecule has 0 radical (unpaired) electrons. The zero-order valence-corrected chi connectivity index (χ0v) is 8.92. The summed E-state index contributed by atoms with van der Waals surface area (Å²) in [6.07, 6.45) is 5.60. The Morgan fingerprint density at radius 3 is 2.69 bits per heavy atom. The summed E-state index contributed by atoms with van der Waals surface area (Å²) in [6.45, 7) is 7.10. The van der Waals surface area contributed by atoms with Gasteiger partial charge in [-0.05, 0) is 36.5 Å². The van der Waals surface area contributed by atoms with Gasteiger partial charge in [-0.25, -0.2) is 5.01 Å². The van der Waals surface area contributed by atoms with Crippen molar-refractivity contribution in [2.75, 3.05) is 13.1 Å². The summed E-state index contributed by atoms with van der Waals surface area (Å²) in [5.74, 6) is 7.64. The molecule has 0 aromatic heterocycles. The maximum atomic E-state index is 5.87. The van der Waals surface area contributed by atoms with Gasteiger partial charge < -0.3 is 0 Å². The van der Waals surface area contributed by atoms with Gasteiger partial charge in [0.1, 0.15) is 0 Å². The van der Waals surface area contributed by atoms with Crippen LogP contribution in [0.25, 0.3) is 0 Å². The number of hydrogen-bond acceptors (Lipinski definition) is 2. The van der Waals surface area contributed by atoms with Crippen LogP contribution >= 0.6 is 0 Å². The number of nitrogens with two attached hydrogens (primary N) is 1. The Hall–Kier alpha value is -0.0800. The van der Waals surface area contributed by atoms with Crippen LogP contribution in [0.15, 0.2) is 0 Å². The van der Waals surface area contributed by atoms with Crippen LogP contribution < -0.4 is 5.84 Å². The Bertz CT molecular complexity index is 189. The third-order valence-electron chi connectivity index (χ3n) is 3.85. The molecule has 1 aliphatic carbocycles. The Kier molecular flexibility index (Phi) is 2.37. The van der Waals surface area contributed by atoms with E-state index in [0.717, 1.165) is 24.9 Å². The predicted octanol–water partition coefficient (Wildman–Crippen LogP) is 2.01. The van der Waals surface area contributed by atoms with Gasteiger partial charge in [-0.3, -0.25) is 5.84 Å². The van der Waals surface area contributed by atoms with E-state index in [1.165, 1.54) is 25.7 Å². The van der Waals surface area contributed by atoms with Crippen LogP contribution in [0, 0.1) is 17.3 Å². The first kappa shape index (κ1) is 9.47. The summed E-state index contributed by atoms with van der Waals surface area (Å²) in [7, 11) is 0. The molecule has 2 unspecified atom stereocenters. The van der Waals surface area contributed by atoms with Gasteiger partial charge in [0.2, 0.25) is 0 Å². The Balaban J connectivity index is 2.05. The third-order valence-corrected chi connectivity index (χ3v) is 3.85. The molecule has 0 spiro atoms. The number of fused-ring (bicyclic) bond motifs is 1. The van der Waals surface area contributed by atoms with E-state index in [1.807, 2.05) is 5.01 Å². The van der Waals surface area contributed by atoms with E-state index in [9.17, 15) is 0 Å². The molecule has 76 valence electrons. The van der Waals surface area contributed by atoms with Crippen LogP contribution in [0.4, 0.5) is 0 Å². The molecule has 2 atom stereocenters. The molecule has 1 heterocycles. The van der Waals surface area contributed by atoms with E-state index in [-0.39, 0.29) is 0 Å². The molecule has 2 rings (SSSR count). The van der Waals surface area contributed by atoms with E-state index in [1.54, 1.807) is 0 Å². The monoisotopic (exact) mass is 182 g/mol. The molecule has 2 nitrogen and oxygen atoms in total. The molecule has 2 fully saturated rings. The van der Waals surface area contributed by atoms with E-state index in [0.29, 0.717) is 5.41 Å². The largest absolute Gasteiger partial charge is 0.269 e. The third kappa shape index (κ3) is 2.05. The van der Waals surface area contributed by atoms with Crippen LogP contribution in [0.1, 0.15) is 39.5 Å². The van der Waals surface area contributed by atoms with Gasteiger partial charge in [0.05, 0.1) is 0 Å². The molecular formula is C11H22N2. The number of hydrazine groups is 1. The number of rotatable bonds is 0. The van der Waals surface area contributed by atoms with Crippen LogP contribution in [-0.2, 0) is 0 Å². The normalized spacial score (nSPS) is 39.9. The second-order valence-corrected chi connectivity index (χ2v) is 5.73. The average Bonchev–Trinajstić information content (AvgIpc) is 2.23. The van der Waals surface area contributed by atoms with Crippen LogP contribution in [0.5, 0.6) is 0 Å². The minimum absolute atomic E-state index is 0.560. The lowest BCUT2D eigenvalue weighted by Crippen LogP contribution is -2.29. The lowest BCUT2D eigenvalue weighted by molar-refractivity contribution is 0.247. The number of hydrogen-bond donors (Lipinski definition) is 1. The second-order valence-electron chi connectivity index (χ2n) is 5.73. The smallest absolute Gasteiger partial charge is 0.0160 e. The zero-order chi connectivity index (χ0) is 9.47. The van der Waals surface area contributed by atoms with Gasteiger partial charge in [0.25, 0.3) is 0 Å². The lowest BCUT2D eigenvalue weighted by atomic mass is 9.80. The van der Waals surface area contributed by atoms with Gasteiger partial charge >= 0.3 is 0 Å². The molecule has 0 bridgehead atoms. The molecule has 2 heteroatoms. The van der Waals surface area contributed by atoms with Crippen molar-refractivity contribution in [3.8, 4) is 0 Å². The van der Waals surface area contributed by atoms with Crippen LogP contribution in [-0.4, -0.2) is 18.1 Å². The topological polar surface area (TPSA) is 29.3 Å². The molecule has 1 saturated heterocycles. The molecule has 0 amide bonds. The molecule has 0 aromatic rings. The van der Waals surface area contributed by atoms with Gasteiger partial charge in [-0.15, -0.1) is 0 Å².